The number of anilines is 1. The molecule has 3 aromatic rings. The van der Waals surface area contributed by atoms with E-state index in [-0.39, 0.29) is 5.69 Å². The van der Waals surface area contributed by atoms with E-state index in [0.29, 0.717) is 23.5 Å². The molecule has 1 amide bonds. The summed E-state index contributed by atoms with van der Waals surface area (Å²) in [5.41, 5.74) is 1.35. The fourth-order valence-corrected chi connectivity index (χ4v) is 2.31. The monoisotopic (exact) mass is 301 g/mol. The SMILES string of the molecule is CCc1nc2ccccn2c1C(=O)Nc1cc(F)ccc1F. The average Bonchev–Trinajstić information content (AvgIpc) is 2.89. The van der Waals surface area contributed by atoms with E-state index < -0.39 is 17.5 Å². The van der Waals surface area contributed by atoms with E-state index in [1.807, 2.05) is 13.0 Å². The molecule has 0 unspecified atom stereocenters. The van der Waals surface area contributed by atoms with Gasteiger partial charge in [0.1, 0.15) is 23.0 Å². The van der Waals surface area contributed by atoms with Crippen LogP contribution in [0.2, 0.25) is 0 Å². The van der Waals surface area contributed by atoms with Gasteiger partial charge in [0.15, 0.2) is 0 Å². The fourth-order valence-electron chi connectivity index (χ4n) is 2.31. The van der Waals surface area contributed by atoms with Gasteiger partial charge in [-0.1, -0.05) is 13.0 Å². The van der Waals surface area contributed by atoms with Crippen molar-refractivity contribution in [3.05, 3.63) is 65.6 Å². The van der Waals surface area contributed by atoms with E-state index >= 15 is 0 Å². The maximum absolute atomic E-state index is 13.7. The number of nitrogens with one attached hydrogen (secondary N) is 1. The molecule has 0 fully saturated rings. The molecule has 3 rings (SSSR count). The smallest absolute Gasteiger partial charge is 0.274 e. The number of imidazole rings is 1. The molecular weight excluding hydrogens is 288 g/mol. The number of nitrogens with zero attached hydrogens (tertiary/aromatic N) is 2. The summed E-state index contributed by atoms with van der Waals surface area (Å²) in [5, 5.41) is 2.41. The van der Waals surface area contributed by atoms with Gasteiger partial charge in [-0.15, -0.1) is 0 Å². The normalized spacial score (nSPS) is 10.9. The van der Waals surface area contributed by atoms with Gasteiger partial charge in [-0.05, 0) is 30.7 Å². The first-order valence-electron chi connectivity index (χ1n) is 6.82. The number of benzene rings is 1. The highest BCUT2D eigenvalue weighted by Crippen LogP contribution is 2.19. The summed E-state index contributed by atoms with van der Waals surface area (Å²) in [7, 11) is 0. The molecule has 0 saturated heterocycles. The molecule has 2 aromatic heterocycles. The molecule has 0 aliphatic rings. The number of halogens is 2. The second-order valence-electron chi connectivity index (χ2n) is 4.77. The van der Waals surface area contributed by atoms with Crippen LogP contribution in [-0.4, -0.2) is 15.3 Å². The molecule has 1 aromatic carbocycles. The van der Waals surface area contributed by atoms with E-state index in [0.717, 1.165) is 18.2 Å². The molecule has 0 atom stereocenters. The van der Waals surface area contributed by atoms with Gasteiger partial charge in [0.05, 0.1) is 11.4 Å². The number of pyridine rings is 1. The summed E-state index contributed by atoms with van der Waals surface area (Å²) in [6, 6.07) is 8.28. The summed E-state index contributed by atoms with van der Waals surface area (Å²) in [5.74, 6) is -1.84. The number of hydrogen-bond donors (Lipinski definition) is 1. The number of rotatable bonds is 3. The Balaban J connectivity index is 2.03. The minimum Gasteiger partial charge on any atom is -0.318 e. The maximum Gasteiger partial charge on any atom is 0.274 e. The second-order valence-corrected chi connectivity index (χ2v) is 4.77. The average molecular weight is 301 g/mol. The summed E-state index contributed by atoms with van der Waals surface area (Å²) >= 11 is 0. The van der Waals surface area contributed by atoms with Crippen molar-refractivity contribution in [1.82, 2.24) is 9.38 Å². The van der Waals surface area contributed by atoms with Crippen molar-refractivity contribution in [2.24, 2.45) is 0 Å². The van der Waals surface area contributed by atoms with E-state index in [1.54, 1.807) is 22.7 Å². The van der Waals surface area contributed by atoms with Gasteiger partial charge < -0.3 is 5.32 Å². The molecule has 112 valence electrons. The quantitative estimate of drug-likeness (QED) is 0.805. The summed E-state index contributed by atoms with van der Waals surface area (Å²) in [4.78, 5) is 16.8. The zero-order chi connectivity index (χ0) is 15.7. The standard InChI is InChI=1S/C16H13F2N3O/c1-2-12-15(21-8-4-3-5-14(21)19-12)16(22)20-13-9-10(17)6-7-11(13)18/h3-9H,2H2,1H3,(H,20,22). The first kappa shape index (κ1) is 14.2. The van der Waals surface area contributed by atoms with Gasteiger partial charge in [0, 0.05) is 12.3 Å². The number of hydrogen-bond acceptors (Lipinski definition) is 2. The number of aryl methyl sites for hydroxylation is 1. The minimum absolute atomic E-state index is 0.196. The van der Waals surface area contributed by atoms with Crippen LogP contribution in [0.25, 0.3) is 5.65 Å². The van der Waals surface area contributed by atoms with Crippen molar-refractivity contribution in [2.75, 3.05) is 5.32 Å². The van der Waals surface area contributed by atoms with Crippen LogP contribution in [0.1, 0.15) is 23.1 Å². The predicted molar refractivity (Wildman–Crippen MR) is 78.9 cm³/mol. The molecule has 6 heteroatoms. The third-order valence-corrected chi connectivity index (χ3v) is 3.33. The molecule has 22 heavy (non-hydrogen) atoms. The molecule has 0 spiro atoms. The molecule has 2 heterocycles. The Hall–Kier alpha value is -2.76. The highest BCUT2D eigenvalue weighted by molar-refractivity contribution is 6.04. The lowest BCUT2D eigenvalue weighted by Gasteiger charge is -2.07. The number of carbonyl (C=O) groups excluding carboxylic acids is 1. The number of amides is 1. The lowest BCUT2D eigenvalue weighted by atomic mass is 10.2. The zero-order valence-corrected chi connectivity index (χ0v) is 11.8. The van der Waals surface area contributed by atoms with E-state index in [2.05, 4.69) is 10.3 Å². The van der Waals surface area contributed by atoms with Gasteiger partial charge >= 0.3 is 0 Å². The van der Waals surface area contributed by atoms with Gasteiger partial charge in [0.2, 0.25) is 0 Å². The Labute approximate surface area is 125 Å². The van der Waals surface area contributed by atoms with Crippen LogP contribution in [0.4, 0.5) is 14.5 Å². The Kier molecular flexibility index (Phi) is 3.58. The summed E-state index contributed by atoms with van der Waals surface area (Å²) < 4.78 is 28.5. The molecular formula is C16H13F2N3O. The predicted octanol–water partition coefficient (Wildman–Crippen LogP) is 3.43. The van der Waals surface area contributed by atoms with Crippen LogP contribution in [-0.2, 0) is 6.42 Å². The summed E-state index contributed by atoms with van der Waals surface area (Å²) in [6.45, 7) is 1.88. The fraction of sp³-hybridized carbons (Fsp3) is 0.125. The van der Waals surface area contributed by atoms with Crippen LogP contribution in [0, 0.1) is 11.6 Å². The van der Waals surface area contributed by atoms with Crippen LogP contribution < -0.4 is 5.32 Å². The zero-order valence-electron chi connectivity index (χ0n) is 11.8. The summed E-state index contributed by atoms with van der Waals surface area (Å²) in [6.07, 6.45) is 2.26. The van der Waals surface area contributed by atoms with Crippen LogP contribution in [0.5, 0.6) is 0 Å². The Morgan fingerprint density at radius 1 is 1.27 bits per heavy atom. The van der Waals surface area contributed by atoms with Crippen molar-refractivity contribution in [2.45, 2.75) is 13.3 Å². The van der Waals surface area contributed by atoms with Crippen LogP contribution in [0.3, 0.4) is 0 Å². The molecule has 0 saturated carbocycles. The van der Waals surface area contributed by atoms with Crippen molar-refractivity contribution in [3.8, 4) is 0 Å². The third kappa shape index (κ3) is 2.43. The Morgan fingerprint density at radius 3 is 2.86 bits per heavy atom. The molecule has 0 aliphatic heterocycles. The molecule has 1 N–H and O–H groups in total. The van der Waals surface area contributed by atoms with Gasteiger partial charge in [-0.25, -0.2) is 13.8 Å². The van der Waals surface area contributed by atoms with E-state index in [4.69, 9.17) is 0 Å². The first-order chi connectivity index (χ1) is 10.6. The van der Waals surface area contributed by atoms with Crippen molar-refractivity contribution in [1.29, 1.82) is 0 Å². The topological polar surface area (TPSA) is 46.4 Å². The lowest BCUT2D eigenvalue weighted by molar-refractivity contribution is 0.102. The van der Waals surface area contributed by atoms with Crippen molar-refractivity contribution >= 4 is 17.2 Å². The molecule has 4 nitrogen and oxygen atoms in total. The maximum atomic E-state index is 13.7. The molecule has 0 radical (unpaired) electrons. The third-order valence-electron chi connectivity index (χ3n) is 3.33. The second kappa shape index (κ2) is 5.55. The van der Waals surface area contributed by atoms with Gasteiger partial charge in [-0.2, -0.15) is 0 Å². The van der Waals surface area contributed by atoms with E-state index in [9.17, 15) is 13.6 Å². The van der Waals surface area contributed by atoms with Crippen molar-refractivity contribution < 1.29 is 13.6 Å². The van der Waals surface area contributed by atoms with Crippen molar-refractivity contribution in [3.63, 3.8) is 0 Å². The number of fused-ring (bicyclic) bond motifs is 1. The minimum atomic E-state index is -0.693. The van der Waals surface area contributed by atoms with Gasteiger partial charge in [0.25, 0.3) is 5.91 Å². The number of aromatic nitrogens is 2. The Bertz CT molecular complexity index is 858. The van der Waals surface area contributed by atoms with E-state index in [1.165, 1.54) is 0 Å². The lowest BCUT2D eigenvalue weighted by Crippen LogP contribution is -2.17. The molecule has 0 aliphatic carbocycles. The van der Waals surface area contributed by atoms with Crippen LogP contribution >= 0.6 is 0 Å². The molecule has 0 bridgehead atoms. The van der Waals surface area contributed by atoms with Crippen LogP contribution in [0.15, 0.2) is 42.6 Å². The Morgan fingerprint density at radius 2 is 2.09 bits per heavy atom. The van der Waals surface area contributed by atoms with Gasteiger partial charge in [-0.3, -0.25) is 9.20 Å². The number of carbonyl (C=O) groups is 1. The largest absolute Gasteiger partial charge is 0.318 e. The highest BCUT2D eigenvalue weighted by Gasteiger charge is 2.19. The first-order valence-corrected chi connectivity index (χ1v) is 6.82. The highest BCUT2D eigenvalue weighted by atomic mass is 19.1.